The van der Waals surface area contributed by atoms with E-state index in [9.17, 15) is 14.4 Å². The van der Waals surface area contributed by atoms with Gasteiger partial charge in [-0.1, -0.05) is 29.8 Å². The molecule has 0 saturated heterocycles. The van der Waals surface area contributed by atoms with Gasteiger partial charge >= 0.3 is 0 Å². The lowest BCUT2D eigenvalue weighted by atomic mass is 10.1. The van der Waals surface area contributed by atoms with Gasteiger partial charge in [-0.15, -0.1) is 0 Å². The standard InChI is InChI=1S/C17H13ClN2O3/c1-10-6-7-14(13(18)8-10)19-15(21)9-20-16(22)11-4-2-3-5-12(11)17(20)23/h2-8H,9H2,1H3,(H,19,21). The Labute approximate surface area is 137 Å². The van der Waals surface area contributed by atoms with Crippen LogP contribution in [0.2, 0.25) is 5.02 Å². The van der Waals surface area contributed by atoms with Gasteiger partial charge in [0, 0.05) is 0 Å². The van der Waals surface area contributed by atoms with Gasteiger partial charge in [0.1, 0.15) is 6.54 Å². The van der Waals surface area contributed by atoms with Crippen molar-refractivity contribution in [3.8, 4) is 0 Å². The van der Waals surface area contributed by atoms with Crippen molar-refractivity contribution in [2.75, 3.05) is 11.9 Å². The molecule has 0 unspecified atom stereocenters. The number of carbonyl (C=O) groups is 3. The molecule has 3 rings (SSSR count). The van der Waals surface area contributed by atoms with E-state index in [4.69, 9.17) is 11.6 Å². The molecule has 116 valence electrons. The molecular formula is C17H13ClN2O3. The normalized spacial score (nSPS) is 13.2. The first kappa shape index (κ1) is 15.2. The zero-order valence-corrected chi connectivity index (χ0v) is 13.1. The Morgan fingerprint density at radius 1 is 1.09 bits per heavy atom. The Morgan fingerprint density at radius 3 is 2.26 bits per heavy atom. The average molecular weight is 329 g/mol. The molecule has 0 bridgehead atoms. The molecule has 0 radical (unpaired) electrons. The predicted molar refractivity (Wildman–Crippen MR) is 86.6 cm³/mol. The molecule has 3 amide bonds. The maximum absolute atomic E-state index is 12.2. The molecule has 1 aliphatic heterocycles. The molecule has 1 aliphatic rings. The smallest absolute Gasteiger partial charge is 0.262 e. The number of anilines is 1. The van der Waals surface area contributed by atoms with Crippen LogP contribution in [0.4, 0.5) is 5.69 Å². The van der Waals surface area contributed by atoms with Crippen LogP contribution in [0.15, 0.2) is 42.5 Å². The summed E-state index contributed by atoms with van der Waals surface area (Å²) in [5, 5.41) is 3.02. The van der Waals surface area contributed by atoms with Gasteiger partial charge in [0.25, 0.3) is 11.8 Å². The van der Waals surface area contributed by atoms with E-state index in [0.717, 1.165) is 10.5 Å². The minimum atomic E-state index is -0.481. The van der Waals surface area contributed by atoms with E-state index in [1.807, 2.05) is 13.0 Å². The minimum Gasteiger partial charge on any atom is -0.323 e. The third kappa shape index (κ3) is 2.83. The highest BCUT2D eigenvalue weighted by Crippen LogP contribution is 2.24. The van der Waals surface area contributed by atoms with Crippen LogP contribution in [-0.2, 0) is 4.79 Å². The average Bonchev–Trinajstić information content (AvgIpc) is 2.76. The fourth-order valence-electron chi connectivity index (χ4n) is 2.44. The molecule has 2 aromatic carbocycles. The van der Waals surface area contributed by atoms with Crippen LogP contribution in [0.25, 0.3) is 0 Å². The largest absolute Gasteiger partial charge is 0.323 e. The zero-order chi connectivity index (χ0) is 16.6. The van der Waals surface area contributed by atoms with Crippen molar-refractivity contribution in [1.82, 2.24) is 4.90 Å². The number of rotatable bonds is 3. The zero-order valence-electron chi connectivity index (χ0n) is 12.3. The maximum Gasteiger partial charge on any atom is 0.262 e. The van der Waals surface area contributed by atoms with Crippen LogP contribution in [-0.4, -0.2) is 29.2 Å². The molecule has 0 fully saturated rings. The summed E-state index contributed by atoms with van der Waals surface area (Å²) in [7, 11) is 0. The summed E-state index contributed by atoms with van der Waals surface area (Å²) in [5.74, 6) is -1.41. The van der Waals surface area contributed by atoms with Crippen LogP contribution in [0, 0.1) is 6.92 Å². The number of hydrogen-bond donors (Lipinski definition) is 1. The van der Waals surface area contributed by atoms with Crippen LogP contribution in [0.1, 0.15) is 26.3 Å². The Hall–Kier alpha value is -2.66. The summed E-state index contributed by atoms with van der Waals surface area (Å²) >= 11 is 6.06. The predicted octanol–water partition coefficient (Wildman–Crippen LogP) is 2.88. The second-order valence-electron chi connectivity index (χ2n) is 5.27. The lowest BCUT2D eigenvalue weighted by Crippen LogP contribution is -2.37. The Kier molecular flexibility index (Phi) is 3.88. The number of nitrogens with zero attached hydrogens (tertiary/aromatic N) is 1. The molecular weight excluding hydrogens is 316 g/mol. The maximum atomic E-state index is 12.2. The summed E-state index contributed by atoms with van der Waals surface area (Å²) in [6, 6.07) is 11.7. The van der Waals surface area contributed by atoms with Crippen molar-refractivity contribution < 1.29 is 14.4 Å². The summed E-state index contributed by atoms with van der Waals surface area (Å²) in [6.45, 7) is 1.53. The first-order chi connectivity index (χ1) is 11.0. The topological polar surface area (TPSA) is 66.5 Å². The van der Waals surface area contributed by atoms with Crippen molar-refractivity contribution in [3.05, 3.63) is 64.2 Å². The van der Waals surface area contributed by atoms with Crippen molar-refractivity contribution in [2.24, 2.45) is 0 Å². The van der Waals surface area contributed by atoms with Gasteiger partial charge in [-0.25, -0.2) is 0 Å². The number of benzene rings is 2. The fraction of sp³-hybridized carbons (Fsp3) is 0.118. The van der Waals surface area contributed by atoms with Gasteiger partial charge in [0.15, 0.2) is 0 Å². The number of halogens is 1. The first-order valence-corrected chi connectivity index (χ1v) is 7.36. The van der Waals surface area contributed by atoms with Crippen molar-refractivity contribution in [3.63, 3.8) is 0 Å². The molecule has 0 aliphatic carbocycles. The van der Waals surface area contributed by atoms with E-state index in [-0.39, 0.29) is 6.54 Å². The number of aryl methyl sites for hydroxylation is 1. The van der Waals surface area contributed by atoms with Crippen LogP contribution in [0.3, 0.4) is 0 Å². The van der Waals surface area contributed by atoms with Gasteiger partial charge < -0.3 is 5.32 Å². The summed E-state index contributed by atoms with van der Waals surface area (Å²) in [5.41, 5.74) is 2.05. The third-order valence-electron chi connectivity index (χ3n) is 3.58. The van der Waals surface area contributed by atoms with Crippen LogP contribution < -0.4 is 5.32 Å². The fourth-order valence-corrected chi connectivity index (χ4v) is 2.72. The lowest BCUT2D eigenvalue weighted by Gasteiger charge is -2.14. The van der Waals surface area contributed by atoms with Crippen LogP contribution in [0.5, 0.6) is 0 Å². The van der Waals surface area contributed by atoms with Gasteiger partial charge in [0.2, 0.25) is 5.91 Å². The molecule has 0 atom stereocenters. The summed E-state index contributed by atoms with van der Waals surface area (Å²) in [4.78, 5) is 37.5. The summed E-state index contributed by atoms with van der Waals surface area (Å²) in [6.07, 6.45) is 0. The molecule has 6 heteroatoms. The molecule has 5 nitrogen and oxygen atoms in total. The second kappa shape index (κ2) is 5.85. The van der Waals surface area contributed by atoms with Crippen molar-refractivity contribution >= 4 is 35.0 Å². The van der Waals surface area contributed by atoms with E-state index in [2.05, 4.69) is 5.32 Å². The highest BCUT2D eigenvalue weighted by atomic mass is 35.5. The van der Waals surface area contributed by atoms with E-state index in [1.165, 1.54) is 0 Å². The van der Waals surface area contributed by atoms with Crippen molar-refractivity contribution in [1.29, 1.82) is 0 Å². The monoisotopic (exact) mass is 328 g/mol. The molecule has 1 N–H and O–H groups in total. The number of nitrogens with one attached hydrogen (secondary N) is 1. The Bertz CT molecular complexity index is 797. The highest BCUT2D eigenvalue weighted by Gasteiger charge is 2.36. The van der Waals surface area contributed by atoms with Crippen LogP contribution >= 0.6 is 11.6 Å². The molecule has 0 aromatic heterocycles. The van der Waals surface area contributed by atoms with E-state index >= 15 is 0 Å². The Morgan fingerprint density at radius 2 is 1.70 bits per heavy atom. The summed E-state index contributed by atoms with van der Waals surface area (Å²) < 4.78 is 0. The SMILES string of the molecule is Cc1ccc(NC(=O)CN2C(=O)c3ccccc3C2=O)c(Cl)c1. The lowest BCUT2D eigenvalue weighted by molar-refractivity contribution is -0.116. The van der Waals surface area contributed by atoms with Gasteiger partial charge in [-0.2, -0.15) is 0 Å². The van der Waals surface area contributed by atoms with Gasteiger partial charge in [0.05, 0.1) is 21.8 Å². The molecule has 0 spiro atoms. The van der Waals surface area contributed by atoms with E-state index < -0.39 is 17.7 Å². The Balaban J connectivity index is 1.74. The second-order valence-corrected chi connectivity index (χ2v) is 5.68. The number of amides is 3. The molecule has 23 heavy (non-hydrogen) atoms. The third-order valence-corrected chi connectivity index (χ3v) is 3.89. The van der Waals surface area contributed by atoms with Crippen molar-refractivity contribution in [2.45, 2.75) is 6.92 Å². The number of imide groups is 1. The van der Waals surface area contributed by atoms with E-state index in [1.54, 1.807) is 36.4 Å². The molecule has 2 aromatic rings. The quantitative estimate of drug-likeness (QED) is 0.881. The highest BCUT2D eigenvalue weighted by molar-refractivity contribution is 6.33. The van der Waals surface area contributed by atoms with E-state index in [0.29, 0.717) is 21.8 Å². The number of hydrogen-bond acceptors (Lipinski definition) is 3. The molecule has 0 saturated carbocycles. The minimum absolute atomic E-state index is 0.318. The first-order valence-electron chi connectivity index (χ1n) is 6.98. The number of carbonyl (C=O) groups excluding carboxylic acids is 3. The molecule has 1 heterocycles. The number of fused-ring (bicyclic) bond motifs is 1. The van der Waals surface area contributed by atoms with Gasteiger partial charge in [-0.3, -0.25) is 19.3 Å². The van der Waals surface area contributed by atoms with Gasteiger partial charge in [-0.05, 0) is 36.8 Å².